The van der Waals surface area contributed by atoms with Crippen molar-refractivity contribution in [2.45, 2.75) is 19.8 Å². The Hall–Kier alpha value is -1.59. The minimum Gasteiger partial charge on any atom is -0.339 e. The summed E-state index contributed by atoms with van der Waals surface area (Å²) in [6, 6.07) is 7.22. The molecule has 23 heavy (non-hydrogen) atoms. The van der Waals surface area contributed by atoms with E-state index in [0.29, 0.717) is 11.5 Å². The molecule has 0 bridgehead atoms. The van der Waals surface area contributed by atoms with Gasteiger partial charge in [-0.15, -0.1) is 12.4 Å². The van der Waals surface area contributed by atoms with Crippen LogP contribution in [0.5, 0.6) is 0 Å². The van der Waals surface area contributed by atoms with E-state index in [-0.39, 0.29) is 30.1 Å². The van der Waals surface area contributed by atoms with E-state index in [9.17, 15) is 9.59 Å². The third kappa shape index (κ3) is 4.03. The number of nitrogens with one attached hydrogen (secondary N) is 2. The van der Waals surface area contributed by atoms with Gasteiger partial charge in [-0.3, -0.25) is 9.59 Å². The Labute approximate surface area is 143 Å². The minimum absolute atomic E-state index is 0. The van der Waals surface area contributed by atoms with Gasteiger partial charge in [-0.05, 0) is 56.1 Å². The number of benzene rings is 1. The van der Waals surface area contributed by atoms with Crippen molar-refractivity contribution >= 4 is 29.9 Å². The third-order valence-electron chi connectivity index (χ3n) is 4.73. The highest BCUT2D eigenvalue weighted by Gasteiger charge is 2.28. The minimum atomic E-state index is 0. The summed E-state index contributed by atoms with van der Waals surface area (Å²) in [6.07, 6.45) is 2.18. The number of halogens is 1. The van der Waals surface area contributed by atoms with Crippen molar-refractivity contribution in [2.24, 2.45) is 11.8 Å². The lowest BCUT2D eigenvalue weighted by Gasteiger charge is -2.31. The fourth-order valence-corrected chi connectivity index (χ4v) is 2.93. The van der Waals surface area contributed by atoms with Crippen LogP contribution in [0.1, 0.15) is 30.1 Å². The summed E-state index contributed by atoms with van der Waals surface area (Å²) in [5, 5.41) is 6.12. The number of nitrogens with zero attached hydrogens (tertiary/aromatic N) is 1. The van der Waals surface area contributed by atoms with Crippen molar-refractivity contribution in [3.8, 4) is 0 Å². The molecule has 1 aromatic rings. The van der Waals surface area contributed by atoms with E-state index >= 15 is 0 Å². The molecular weight excluding hydrogens is 314 g/mol. The molecule has 2 saturated heterocycles. The SMILES string of the molecule is CC(C(=O)Nc1ccc(C(=O)N2CCCC2)cc1)C1CNC1.Cl. The van der Waals surface area contributed by atoms with Gasteiger partial charge in [0.15, 0.2) is 0 Å². The van der Waals surface area contributed by atoms with Crippen LogP contribution in [-0.4, -0.2) is 42.9 Å². The molecule has 1 atom stereocenters. The Kier molecular flexibility index (Phi) is 6.02. The number of rotatable bonds is 4. The maximum absolute atomic E-state index is 12.3. The van der Waals surface area contributed by atoms with Crippen LogP contribution in [0.15, 0.2) is 24.3 Å². The van der Waals surface area contributed by atoms with Gasteiger partial charge in [0.1, 0.15) is 0 Å². The first-order valence-electron chi connectivity index (χ1n) is 8.06. The summed E-state index contributed by atoms with van der Waals surface area (Å²) in [6.45, 7) is 5.50. The molecule has 0 aromatic heterocycles. The van der Waals surface area contributed by atoms with Crippen molar-refractivity contribution in [3.05, 3.63) is 29.8 Å². The standard InChI is InChI=1S/C17H23N3O2.ClH/c1-12(14-10-18-11-14)16(21)19-15-6-4-13(5-7-15)17(22)20-8-2-3-9-20;/h4-7,12,14,18H,2-3,8-11H2,1H3,(H,19,21);1H. The first kappa shape index (κ1) is 17.8. The van der Waals surface area contributed by atoms with Gasteiger partial charge in [0.25, 0.3) is 5.91 Å². The quantitative estimate of drug-likeness (QED) is 0.885. The zero-order valence-corrected chi connectivity index (χ0v) is 14.2. The van der Waals surface area contributed by atoms with Crippen molar-refractivity contribution in [3.63, 3.8) is 0 Å². The summed E-state index contributed by atoms with van der Waals surface area (Å²) in [7, 11) is 0. The van der Waals surface area contributed by atoms with Gasteiger partial charge >= 0.3 is 0 Å². The van der Waals surface area contributed by atoms with Crippen LogP contribution >= 0.6 is 12.4 Å². The molecule has 0 saturated carbocycles. The molecule has 2 heterocycles. The van der Waals surface area contributed by atoms with E-state index in [1.807, 2.05) is 24.0 Å². The largest absolute Gasteiger partial charge is 0.339 e. The fraction of sp³-hybridized carbons (Fsp3) is 0.529. The van der Waals surface area contributed by atoms with E-state index in [1.165, 1.54) is 0 Å². The summed E-state index contributed by atoms with van der Waals surface area (Å²) in [5.41, 5.74) is 1.44. The highest BCUT2D eigenvalue weighted by molar-refractivity contribution is 5.96. The predicted molar refractivity (Wildman–Crippen MR) is 93.0 cm³/mol. The number of carbonyl (C=O) groups excluding carboxylic acids is 2. The average molecular weight is 338 g/mol. The molecule has 0 aliphatic carbocycles. The molecule has 2 fully saturated rings. The van der Waals surface area contributed by atoms with Gasteiger partial charge in [-0.25, -0.2) is 0 Å². The van der Waals surface area contributed by atoms with E-state index in [0.717, 1.165) is 44.7 Å². The summed E-state index contributed by atoms with van der Waals surface area (Å²) in [4.78, 5) is 26.3. The van der Waals surface area contributed by atoms with Gasteiger partial charge in [-0.1, -0.05) is 6.92 Å². The van der Waals surface area contributed by atoms with Crippen LogP contribution < -0.4 is 10.6 Å². The van der Waals surface area contributed by atoms with Crippen LogP contribution in [0.25, 0.3) is 0 Å². The smallest absolute Gasteiger partial charge is 0.253 e. The van der Waals surface area contributed by atoms with Crippen LogP contribution in [0.2, 0.25) is 0 Å². The number of likely N-dealkylation sites (tertiary alicyclic amines) is 1. The van der Waals surface area contributed by atoms with E-state index in [1.54, 1.807) is 12.1 Å². The molecule has 1 aromatic carbocycles. The van der Waals surface area contributed by atoms with Crippen LogP contribution in [0.4, 0.5) is 5.69 Å². The fourth-order valence-electron chi connectivity index (χ4n) is 2.93. The van der Waals surface area contributed by atoms with Gasteiger partial charge < -0.3 is 15.5 Å². The highest BCUT2D eigenvalue weighted by Crippen LogP contribution is 2.19. The number of carbonyl (C=O) groups is 2. The molecule has 0 spiro atoms. The zero-order chi connectivity index (χ0) is 15.5. The number of hydrogen-bond donors (Lipinski definition) is 2. The van der Waals surface area contributed by atoms with Crippen molar-refractivity contribution in [1.29, 1.82) is 0 Å². The van der Waals surface area contributed by atoms with Gasteiger partial charge in [0.05, 0.1) is 0 Å². The van der Waals surface area contributed by atoms with E-state index < -0.39 is 0 Å². The summed E-state index contributed by atoms with van der Waals surface area (Å²) in [5.74, 6) is 0.567. The molecule has 2 amide bonds. The predicted octanol–water partition coefficient (Wildman–Crippen LogP) is 2.14. The lowest BCUT2D eigenvalue weighted by Crippen LogP contribution is -2.48. The van der Waals surface area contributed by atoms with Crippen molar-refractivity contribution in [2.75, 3.05) is 31.5 Å². The highest BCUT2D eigenvalue weighted by atomic mass is 35.5. The molecule has 6 heteroatoms. The normalized spacial score (nSPS) is 18.7. The van der Waals surface area contributed by atoms with Gasteiger partial charge in [0, 0.05) is 30.3 Å². The summed E-state index contributed by atoms with van der Waals surface area (Å²) < 4.78 is 0. The lowest BCUT2D eigenvalue weighted by molar-refractivity contribution is -0.121. The molecule has 2 aliphatic rings. The molecule has 5 nitrogen and oxygen atoms in total. The number of hydrogen-bond acceptors (Lipinski definition) is 3. The van der Waals surface area contributed by atoms with Crippen molar-refractivity contribution in [1.82, 2.24) is 10.2 Å². The zero-order valence-electron chi connectivity index (χ0n) is 13.4. The number of anilines is 1. The van der Waals surface area contributed by atoms with Gasteiger partial charge in [-0.2, -0.15) is 0 Å². The molecular formula is C17H24ClN3O2. The second-order valence-corrected chi connectivity index (χ2v) is 6.27. The van der Waals surface area contributed by atoms with Crippen LogP contribution in [0.3, 0.4) is 0 Å². The first-order valence-corrected chi connectivity index (χ1v) is 8.06. The molecule has 0 radical (unpaired) electrons. The maximum Gasteiger partial charge on any atom is 0.253 e. The number of amides is 2. The second-order valence-electron chi connectivity index (χ2n) is 6.27. The average Bonchev–Trinajstić information content (AvgIpc) is 2.99. The Morgan fingerprint density at radius 2 is 1.78 bits per heavy atom. The molecule has 2 N–H and O–H groups in total. The topological polar surface area (TPSA) is 61.4 Å². The summed E-state index contributed by atoms with van der Waals surface area (Å²) >= 11 is 0. The Bertz CT molecular complexity index is 551. The molecule has 1 unspecified atom stereocenters. The maximum atomic E-state index is 12.3. The van der Waals surface area contributed by atoms with Gasteiger partial charge in [0.2, 0.25) is 5.91 Å². The van der Waals surface area contributed by atoms with E-state index in [2.05, 4.69) is 10.6 Å². The Morgan fingerprint density at radius 3 is 2.30 bits per heavy atom. The molecule has 3 rings (SSSR count). The lowest BCUT2D eigenvalue weighted by atomic mass is 9.88. The second kappa shape index (κ2) is 7.79. The van der Waals surface area contributed by atoms with Crippen molar-refractivity contribution < 1.29 is 9.59 Å². The monoisotopic (exact) mass is 337 g/mol. The van der Waals surface area contributed by atoms with Crippen LogP contribution in [-0.2, 0) is 4.79 Å². The molecule has 2 aliphatic heterocycles. The van der Waals surface area contributed by atoms with Crippen LogP contribution in [0, 0.1) is 11.8 Å². The third-order valence-corrected chi connectivity index (χ3v) is 4.73. The Morgan fingerprint density at radius 1 is 1.17 bits per heavy atom. The van der Waals surface area contributed by atoms with E-state index in [4.69, 9.17) is 0 Å². The Balaban J connectivity index is 0.00000192. The first-order chi connectivity index (χ1) is 10.6. The molecule has 126 valence electrons.